The van der Waals surface area contributed by atoms with Gasteiger partial charge in [0.05, 0.1) is 12.6 Å². The summed E-state index contributed by atoms with van der Waals surface area (Å²) < 4.78 is 7.58. The maximum absolute atomic E-state index is 13.8. The molecule has 1 unspecified atom stereocenters. The standard InChI is InChI=1S/C27H33N3O3/c1-19(2)33-14-8-13-28-26(32)27(4)18-29-23-12-6-5-11-22(23)16-24(29)25(31)30(27)17-21-10-7-9-20(3)15-21/h5-7,9-12,15-16,19H,8,13-14,17-18H2,1-4H3,(H,28,32). The maximum Gasteiger partial charge on any atom is 0.271 e. The number of rotatable bonds is 8. The van der Waals surface area contributed by atoms with E-state index in [9.17, 15) is 9.59 Å². The monoisotopic (exact) mass is 447 g/mol. The number of aryl methyl sites for hydroxylation is 1. The van der Waals surface area contributed by atoms with Gasteiger partial charge in [-0.15, -0.1) is 0 Å². The Balaban J connectivity index is 1.65. The number of carbonyl (C=O) groups is 2. The van der Waals surface area contributed by atoms with E-state index in [1.54, 1.807) is 4.90 Å². The summed E-state index contributed by atoms with van der Waals surface area (Å²) in [5.41, 5.74) is 2.72. The zero-order valence-electron chi connectivity index (χ0n) is 19.9. The van der Waals surface area contributed by atoms with Crippen LogP contribution in [-0.2, 0) is 22.6 Å². The van der Waals surface area contributed by atoms with Gasteiger partial charge in [-0.25, -0.2) is 0 Å². The number of carbonyl (C=O) groups excluding carboxylic acids is 2. The largest absolute Gasteiger partial charge is 0.379 e. The second-order valence-electron chi connectivity index (χ2n) is 9.36. The van der Waals surface area contributed by atoms with Gasteiger partial charge in [0.15, 0.2) is 0 Å². The molecular formula is C27H33N3O3. The lowest BCUT2D eigenvalue weighted by atomic mass is 9.93. The molecule has 174 valence electrons. The lowest BCUT2D eigenvalue weighted by Crippen LogP contribution is -2.63. The number of nitrogens with one attached hydrogen (secondary N) is 1. The van der Waals surface area contributed by atoms with Crippen LogP contribution >= 0.6 is 0 Å². The third-order valence-electron chi connectivity index (χ3n) is 6.31. The molecule has 33 heavy (non-hydrogen) atoms. The van der Waals surface area contributed by atoms with Gasteiger partial charge in [-0.2, -0.15) is 0 Å². The van der Waals surface area contributed by atoms with E-state index in [2.05, 4.69) is 11.4 Å². The van der Waals surface area contributed by atoms with Crippen molar-refractivity contribution in [3.63, 3.8) is 0 Å². The first-order chi connectivity index (χ1) is 15.8. The molecule has 0 bridgehead atoms. The van der Waals surface area contributed by atoms with Gasteiger partial charge in [0.2, 0.25) is 5.91 Å². The summed E-state index contributed by atoms with van der Waals surface area (Å²) in [5.74, 6) is -0.267. The van der Waals surface area contributed by atoms with Crippen molar-refractivity contribution in [1.29, 1.82) is 0 Å². The molecule has 0 fully saturated rings. The Hall–Kier alpha value is -3.12. The number of aromatic nitrogens is 1. The zero-order valence-corrected chi connectivity index (χ0v) is 19.9. The number of fused-ring (bicyclic) bond motifs is 3. The number of para-hydroxylation sites is 1. The minimum atomic E-state index is -1.02. The van der Waals surface area contributed by atoms with Gasteiger partial charge in [-0.05, 0) is 51.8 Å². The summed E-state index contributed by atoms with van der Waals surface area (Å²) in [7, 11) is 0. The van der Waals surface area contributed by atoms with Gasteiger partial charge < -0.3 is 19.5 Å². The first-order valence-corrected chi connectivity index (χ1v) is 11.7. The van der Waals surface area contributed by atoms with E-state index in [0.717, 1.165) is 28.5 Å². The highest BCUT2D eigenvalue weighted by Gasteiger charge is 2.47. The van der Waals surface area contributed by atoms with Crippen LogP contribution in [0.25, 0.3) is 10.9 Å². The predicted molar refractivity (Wildman–Crippen MR) is 130 cm³/mol. The Bertz CT molecular complexity index is 1170. The SMILES string of the molecule is Cc1cccc(CN2C(=O)c3cc4ccccc4n3CC2(C)C(=O)NCCCOC(C)C)c1. The van der Waals surface area contributed by atoms with Gasteiger partial charge in [-0.1, -0.05) is 48.0 Å². The molecule has 1 aromatic heterocycles. The number of hydrogen-bond acceptors (Lipinski definition) is 3. The van der Waals surface area contributed by atoms with Crippen LogP contribution in [0.15, 0.2) is 54.6 Å². The van der Waals surface area contributed by atoms with Crippen molar-refractivity contribution < 1.29 is 14.3 Å². The first-order valence-electron chi connectivity index (χ1n) is 11.7. The van der Waals surface area contributed by atoms with Crippen molar-refractivity contribution in [2.24, 2.45) is 0 Å². The van der Waals surface area contributed by atoms with Crippen molar-refractivity contribution in [3.8, 4) is 0 Å². The molecule has 0 saturated heterocycles. The number of ether oxygens (including phenoxy) is 1. The van der Waals surface area contributed by atoms with E-state index in [-0.39, 0.29) is 17.9 Å². The lowest BCUT2D eigenvalue weighted by Gasteiger charge is -2.44. The molecule has 6 heteroatoms. The van der Waals surface area contributed by atoms with Crippen LogP contribution in [0.4, 0.5) is 0 Å². The molecule has 1 aliphatic rings. The molecule has 2 aromatic carbocycles. The molecule has 1 N–H and O–H groups in total. The fourth-order valence-corrected chi connectivity index (χ4v) is 4.53. The van der Waals surface area contributed by atoms with Crippen LogP contribution in [-0.4, -0.2) is 46.1 Å². The highest BCUT2D eigenvalue weighted by Crippen LogP contribution is 2.33. The molecule has 0 radical (unpaired) electrons. The Morgan fingerprint density at radius 3 is 2.70 bits per heavy atom. The van der Waals surface area contributed by atoms with E-state index in [4.69, 9.17) is 4.74 Å². The van der Waals surface area contributed by atoms with Gasteiger partial charge >= 0.3 is 0 Å². The molecule has 6 nitrogen and oxygen atoms in total. The average molecular weight is 448 g/mol. The summed E-state index contributed by atoms with van der Waals surface area (Å²) >= 11 is 0. The highest BCUT2D eigenvalue weighted by atomic mass is 16.5. The van der Waals surface area contributed by atoms with Crippen molar-refractivity contribution in [2.45, 2.75) is 58.8 Å². The molecule has 2 amide bonds. The van der Waals surface area contributed by atoms with Crippen LogP contribution in [0.2, 0.25) is 0 Å². The van der Waals surface area contributed by atoms with Crippen LogP contribution in [0, 0.1) is 6.92 Å². The molecule has 2 heterocycles. The smallest absolute Gasteiger partial charge is 0.271 e. The molecule has 4 rings (SSSR count). The summed E-state index contributed by atoms with van der Waals surface area (Å²) in [6.45, 7) is 9.78. The van der Waals surface area contributed by atoms with E-state index in [1.165, 1.54) is 0 Å². The molecule has 0 spiro atoms. The van der Waals surface area contributed by atoms with Gasteiger partial charge in [0.25, 0.3) is 5.91 Å². The Kier molecular flexibility index (Phi) is 6.56. The summed E-state index contributed by atoms with van der Waals surface area (Å²) in [6.07, 6.45) is 0.892. The maximum atomic E-state index is 13.8. The minimum absolute atomic E-state index is 0.125. The number of amides is 2. The van der Waals surface area contributed by atoms with Crippen molar-refractivity contribution >= 4 is 22.7 Å². The normalized spacial score (nSPS) is 18.1. The summed E-state index contributed by atoms with van der Waals surface area (Å²) in [5, 5.41) is 4.07. The molecule has 1 aliphatic heterocycles. The summed E-state index contributed by atoms with van der Waals surface area (Å²) in [4.78, 5) is 29.0. The van der Waals surface area contributed by atoms with E-state index in [1.807, 2.05) is 80.8 Å². The molecule has 3 aromatic rings. The number of hydrogen-bond donors (Lipinski definition) is 1. The number of benzene rings is 2. The molecule has 0 saturated carbocycles. The van der Waals surface area contributed by atoms with Crippen LogP contribution in [0.3, 0.4) is 0 Å². The topological polar surface area (TPSA) is 63.6 Å². The van der Waals surface area contributed by atoms with E-state index < -0.39 is 5.54 Å². The minimum Gasteiger partial charge on any atom is -0.379 e. The Morgan fingerprint density at radius 2 is 1.94 bits per heavy atom. The zero-order chi connectivity index (χ0) is 23.6. The quantitative estimate of drug-likeness (QED) is 0.524. The fourth-order valence-electron chi connectivity index (χ4n) is 4.53. The van der Waals surface area contributed by atoms with Crippen LogP contribution < -0.4 is 5.32 Å². The van der Waals surface area contributed by atoms with Gasteiger partial charge in [0.1, 0.15) is 11.2 Å². The van der Waals surface area contributed by atoms with Crippen molar-refractivity contribution in [3.05, 3.63) is 71.4 Å². The first kappa shape index (κ1) is 23.1. The van der Waals surface area contributed by atoms with E-state index >= 15 is 0 Å². The fraction of sp³-hybridized carbons (Fsp3) is 0.407. The molecular weight excluding hydrogens is 414 g/mol. The van der Waals surface area contributed by atoms with E-state index in [0.29, 0.717) is 31.9 Å². The summed E-state index contributed by atoms with van der Waals surface area (Å²) in [6, 6.07) is 18.0. The second-order valence-corrected chi connectivity index (χ2v) is 9.36. The molecule has 1 atom stereocenters. The van der Waals surface area contributed by atoms with Gasteiger partial charge in [-0.3, -0.25) is 9.59 Å². The Labute approximate surface area is 195 Å². The average Bonchev–Trinajstić information content (AvgIpc) is 3.14. The third-order valence-corrected chi connectivity index (χ3v) is 6.31. The predicted octanol–water partition coefficient (Wildman–Crippen LogP) is 4.30. The van der Waals surface area contributed by atoms with Crippen LogP contribution in [0.1, 0.15) is 48.8 Å². The lowest BCUT2D eigenvalue weighted by molar-refractivity contribution is -0.133. The van der Waals surface area contributed by atoms with Gasteiger partial charge in [0, 0.05) is 30.6 Å². The second kappa shape index (κ2) is 9.40. The van der Waals surface area contributed by atoms with Crippen molar-refractivity contribution in [1.82, 2.24) is 14.8 Å². The van der Waals surface area contributed by atoms with Crippen LogP contribution in [0.5, 0.6) is 0 Å². The van der Waals surface area contributed by atoms with Crippen molar-refractivity contribution in [2.75, 3.05) is 13.2 Å². The third kappa shape index (κ3) is 4.67. The Morgan fingerprint density at radius 1 is 1.15 bits per heavy atom. The highest BCUT2D eigenvalue weighted by molar-refractivity contribution is 6.03. The molecule has 0 aliphatic carbocycles. The number of nitrogens with zero attached hydrogens (tertiary/aromatic N) is 2.